The Morgan fingerprint density at radius 1 is 0.857 bits per heavy atom. The molecular weight excluding hydrogens is 350 g/mol. The van der Waals surface area contributed by atoms with Crippen LogP contribution in [-0.4, -0.2) is 22.8 Å². The summed E-state index contributed by atoms with van der Waals surface area (Å²) in [5.74, 6) is -0.470. The summed E-state index contributed by atoms with van der Waals surface area (Å²) in [7, 11) is 0. The third-order valence-corrected chi connectivity index (χ3v) is 4.61. The SMILES string of the molecule is O=C(NC1CC1)c1cccc(C(=O)N(Cc2ccccc2)c2ccccc2)n1. The zero-order chi connectivity index (χ0) is 19.3. The van der Waals surface area contributed by atoms with Gasteiger partial charge in [0.05, 0.1) is 6.54 Å². The van der Waals surface area contributed by atoms with Crippen molar-refractivity contribution in [2.75, 3.05) is 4.90 Å². The summed E-state index contributed by atoms with van der Waals surface area (Å²) in [5.41, 5.74) is 2.32. The molecule has 0 unspecified atom stereocenters. The van der Waals surface area contributed by atoms with Gasteiger partial charge in [-0.25, -0.2) is 4.98 Å². The van der Waals surface area contributed by atoms with Gasteiger partial charge in [-0.15, -0.1) is 0 Å². The van der Waals surface area contributed by atoms with Crippen molar-refractivity contribution in [1.29, 1.82) is 0 Å². The van der Waals surface area contributed by atoms with Gasteiger partial charge in [-0.05, 0) is 42.7 Å². The summed E-state index contributed by atoms with van der Waals surface area (Å²) in [6.07, 6.45) is 2.01. The Morgan fingerprint density at radius 2 is 1.50 bits per heavy atom. The normalized spacial score (nSPS) is 13.0. The molecule has 140 valence electrons. The third kappa shape index (κ3) is 4.26. The number of carbonyl (C=O) groups excluding carboxylic acids is 2. The van der Waals surface area contributed by atoms with Gasteiger partial charge in [0.2, 0.25) is 0 Å². The molecule has 0 aliphatic heterocycles. The maximum Gasteiger partial charge on any atom is 0.277 e. The van der Waals surface area contributed by atoms with Gasteiger partial charge in [-0.1, -0.05) is 54.6 Å². The number of carbonyl (C=O) groups is 2. The van der Waals surface area contributed by atoms with Gasteiger partial charge in [0.15, 0.2) is 0 Å². The number of nitrogens with one attached hydrogen (secondary N) is 1. The lowest BCUT2D eigenvalue weighted by Gasteiger charge is -2.23. The molecule has 0 spiro atoms. The highest BCUT2D eigenvalue weighted by Gasteiger charge is 2.25. The van der Waals surface area contributed by atoms with Crippen molar-refractivity contribution in [3.05, 3.63) is 95.8 Å². The molecule has 1 aromatic heterocycles. The quantitative estimate of drug-likeness (QED) is 0.716. The molecule has 28 heavy (non-hydrogen) atoms. The van der Waals surface area contributed by atoms with Crippen molar-refractivity contribution in [2.24, 2.45) is 0 Å². The molecule has 4 rings (SSSR count). The fourth-order valence-electron chi connectivity index (χ4n) is 2.96. The average Bonchev–Trinajstić information content (AvgIpc) is 3.57. The number of para-hydroxylation sites is 1. The summed E-state index contributed by atoms with van der Waals surface area (Å²) >= 11 is 0. The van der Waals surface area contributed by atoms with Gasteiger partial charge in [-0.2, -0.15) is 0 Å². The van der Waals surface area contributed by atoms with Crippen LogP contribution in [0, 0.1) is 0 Å². The first-order chi connectivity index (χ1) is 13.7. The summed E-state index contributed by atoms with van der Waals surface area (Å²) in [5, 5.41) is 2.91. The Morgan fingerprint density at radius 3 is 2.18 bits per heavy atom. The van der Waals surface area contributed by atoms with Crippen LogP contribution in [0.2, 0.25) is 0 Å². The fourth-order valence-corrected chi connectivity index (χ4v) is 2.96. The van der Waals surface area contributed by atoms with Crippen molar-refractivity contribution in [3.8, 4) is 0 Å². The van der Waals surface area contributed by atoms with E-state index in [0.29, 0.717) is 6.54 Å². The van der Waals surface area contributed by atoms with Gasteiger partial charge in [0.25, 0.3) is 11.8 Å². The zero-order valence-electron chi connectivity index (χ0n) is 15.4. The topological polar surface area (TPSA) is 62.3 Å². The zero-order valence-corrected chi connectivity index (χ0v) is 15.4. The van der Waals surface area contributed by atoms with E-state index < -0.39 is 0 Å². The van der Waals surface area contributed by atoms with Crippen LogP contribution in [0.5, 0.6) is 0 Å². The molecular formula is C23H21N3O2. The van der Waals surface area contributed by atoms with E-state index in [-0.39, 0.29) is 29.2 Å². The van der Waals surface area contributed by atoms with Crippen LogP contribution in [0.15, 0.2) is 78.9 Å². The molecule has 0 saturated heterocycles. The highest BCUT2D eigenvalue weighted by atomic mass is 16.2. The minimum Gasteiger partial charge on any atom is -0.348 e. The molecule has 1 fully saturated rings. The van der Waals surface area contributed by atoms with E-state index in [1.165, 1.54) is 0 Å². The van der Waals surface area contributed by atoms with E-state index >= 15 is 0 Å². The first kappa shape index (κ1) is 17.9. The van der Waals surface area contributed by atoms with Gasteiger partial charge in [-0.3, -0.25) is 9.59 Å². The lowest BCUT2D eigenvalue weighted by molar-refractivity contribution is 0.0945. The second-order valence-electron chi connectivity index (χ2n) is 6.87. The van der Waals surface area contributed by atoms with Crippen molar-refractivity contribution < 1.29 is 9.59 Å². The predicted molar refractivity (Wildman–Crippen MR) is 108 cm³/mol. The molecule has 2 amide bonds. The second-order valence-corrected chi connectivity index (χ2v) is 6.87. The molecule has 2 aromatic carbocycles. The molecule has 1 saturated carbocycles. The summed E-state index contributed by atoms with van der Waals surface area (Å²) in [6.45, 7) is 0.421. The molecule has 0 radical (unpaired) electrons. The Bertz CT molecular complexity index is 969. The van der Waals surface area contributed by atoms with Crippen LogP contribution in [0.4, 0.5) is 5.69 Å². The molecule has 1 aliphatic carbocycles. The lowest BCUT2D eigenvalue weighted by atomic mass is 10.1. The monoisotopic (exact) mass is 371 g/mol. The Hall–Kier alpha value is -3.47. The van der Waals surface area contributed by atoms with Gasteiger partial charge < -0.3 is 10.2 Å². The second kappa shape index (κ2) is 8.05. The molecule has 3 aromatic rings. The number of rotatable bonds is 6. The largest absolute Gasteiger partial charge is 0.348 e. The molecule has 1 N–H and O–H groups in total. The first-order valence-corrected chi connectivity index (χ1v) is 9.39. The van der Waals surface area contributed by atoms with Crippen molar-refractivity contribution in [1.82, 2.24) is 10.3 Å². The van der Waals surface area contributed by atoms with Gasteiger partial charge in [0, 0.05) is 11.7 Å². The van der Waals surface area contributed by atoms with Crippen LogP contribution in [-0.2, 0) is 6.54 Å². The Kier molecular flexibility index (Phi) is 5.15. The highest BCUT2D eigenvalue weighted by Crippen LogP contribution is 2.21. The third-order valence-electron chi connectivity index (χ3n) is 4.61. The molecule has 1 heterocycles. The van der Waals surface area contributed by atoms with Crippen LogP contribution in [0.25, 0.3) is 0 Å². The number of nitrogens with zero attached hydrogens (tertiary/aromatic N) is 2. The fraction of sp³-hybridized carbons (Fsp3) is 0.174. The highest BCUT2D eigenvalue weighted by molar-refractivity contribution is 6.05. The van der Waals surface area contributed by atoms with Crippen LogP contribution in [0.3, 0.4) is 0 Å². The number of hydrogen-bond acceptors (Lipinski definition) is 3. The minimum atomic E-state index is -0.240. The smallest absolute Gasteiger partial charge is 0.277 e. The Balaban J connectivity index is 1.62. The average molecular weight is 371 g/mol. The lowest BCUT2D eigenvalue weighted by Crippen LogP contribution is -2.32. The van der Waals surface area contributed by atoms with E-state index in [2.05, 4.69) is 10.3 Å². The maximum atomic E-state index is 13.3. The first-order valence-electron chi connectivity index (χ1n) is 9.39. The van der Waals surface area contributed by atoms with E-state index in [1.54, 1.807) is 23.1 Å². The molecule has 1 aliphatic rings. The van der Waals surface area contributed by atoms with Crippen LogP contribution >= 0.6 is 0 Å². The van der Waals surface area contributed by atoms with Crippen LogP contribution < -0.4 is 10.2 Å². The summed E-state index contributed by atoms with van der Waals surface area (Å²) in [6, 6.07) is 24.5. The number of anilines is 1. The number of benzene rings is 2. The van der Waals surface area contributed by atoms with Crippen molar-refractivity contribution >= 4 is 17.5 Å². The van der Waals surface area contributed by atoms with Gasteiger partial charge >= 0.3 is 0 Å². The summed E-state index contributed by atoms with van der Waals surface area (Å²) < 4.78 is 0. The van der Waals surface area contributed by atoms with E-state index in [4.69, 9.17) is 0 Å². The number of hydrogen-bond donors (Lipinski definition) is 1. The number of amides is 2. The summed E-state index contributed by atoms with van der Waals surface area (Å²) in [4.78, 5) is 31.6. The van der Waals surface area contributed by atoms with Crippen molar-refractivity contribution in [3.63, 3.8) is 0 Å². The molecule has 0 bridgehead atoms. The van der Waals surface area contributed by atoms with Crippen LogP contribution in [0.1, 0.15) is 39.4 Å². The Labute approximate surface area is 164 Å². The molecule has 5 nitrogen and oxygen atoms in total. The van der Waals surface area contributed by atoms with Gasteiger partial charge in [0.1, 0.15) is 11.4 Å². The van der Waals surface area contributed by atoms with Crippen molar-refractivity contribution in [2.45, 2.75) is 25.4 Å². The number of aromatic nitrogens is 1. The van der Waals surface area contributed by atoms with E-state index in [9.17, 15) is 9.59 Å². The molecule has 5 heteroatoms. The standard InChI is InChI=1S/C23H21N3O2/c27-22(24-18-14-15-18)20-12-7-13-21(25-20)23(28)26(19-10-5-2-6-11-19)16-17-8-3-1-4-9-17/h1-13,18H,14-16H2,(H,24,27). The van der Waals surface area contributed by atoms with E-state index in [1.807, 2.05) is 60.7 Å². The maximum absolute atomic E-state index is 13.3. The predicted octanol–water partition coefficient (Wildman–Crippen LogP) is 3.82. The minimum absolute atomic E-state index is 0.230. The molecule has 0 atom stereocenters. The number of pyridine rings is 1. The van der Waals surface area contributed by atoms with E-state index in [0.717, 1.165) is 24.1 Å².